The highest BCUT2D eigenvalue weighted by Crippen LogP contribution is 2.32. The number of ether oxygens (including phenoxy) is 2. The number of amides is 1. The molecule has 0 saturated carbocycles. The molecule has 1 aromatic heterocycles. The first-order valence-corrected chi connectivity index (χ1v) is 8.64. The number of carbonyl (C=O) groups excluding carboxylic acids is 1. The summed E-state index contributed by atoms with van der Waals surface area (Å²) in [6.07, 6.45) is 4.87. The number of hydrogen-bond donors (Lipinski definition) is 1. The lowest BCUT2D eigenvalue weighted by atomic mass is 9.94. The molecule has 0 spiro atoms. The fourth-order valence-electron chi connectivity index (χ4n) is 3.04. The third kappa shape index (κ3) is 4.39. The molecule has 1 amide bonds. The monoisotopic (exact) mass is 343 g/mol. The van der Waals surface area contributed by atoms with Crippen molar-refractivity contribution in [2.75, 3.05) is 13.2 Å². The summed E-state index contributed by atoms with van der Waals surface area (Å²) in [5.74, 6) is 0. The van der Waals surface area contributed by atoms with Gasteiger partial charge >= 0.3 is 6.09 Å². The van der Waals surface area contributed by atoms with Crippen LogP contribution in [0.15, 0.2) is 36.7 Å². The van der Waals surface area contributed by atoms with E-state index < -0.39 is 11.7 Å². The number of nitrogens with zero attached hydrogens (tertiary/aromatic N) is 2. The number of nitrogens with one attached hydrogen (secondary N) is 1. The van der Waals surface area contributed by atoms with Crippen LogP contribution in [0.2, 0.25) is 0 Å². The van der Waals surface area contributed by atoms with Crippen molar-refractivity contribution >= 4 is 6.09 Å². The molecule has 1 aromatic carbocycles. The van der Waals surface area contributed by atoms with E-state index in [1.165, 1.54) is 11.1 Å². The average Bonchev–Trinajstić information content (AvgIpc) is 3.07. The summed E-state index contributed by atoms with van der Waals surface area (Å²) in [7, 11) is 0. The molecule has 3 rings (SSSR count). The van der Waals surface area contributed by atoms with Gasteiger partial charge < -0.3 is 14.8 Å². The highest BCUT2D eigenvalue weighted by atomic mass is 16.6. The second-order valence-electron chi connectivity index (χ2n) is 7.12. The molecule has 2 aromatic rings. The van der Waals surface area contributed by atoms with Crippen molar-refractivity contribution in [1.82, 2.24) is 15.1 Å². The molecular formula is C19H25N3O3. The van der Waals surface area contributed by atoms with Crippen LogP contribution >= 0.6 is 0 Å². The first-order valence-electron chi connectivity index (χ1n) is 8.64. The lowest BCUT2D eigenvalue weighted by molar-refractivity contribution is 0.0329. The predicted molar refractivity (Wildman–Crippen MR) is 94.8 cm³/mol. The highest BCUT2D eigenvalue weighted by Gasteiger charge is 2.24. The Hall–Kier alpha value is -2.34. The summed E-state index contributed by atoms with van der Waals surface area (Å²) in [4.78, 5) is 11.8. The van der Waals surface area contributed by atoms with Gasteiger partial charge in [0, 0.05) is 18.9 Å². The summed E-state index contributed by atoms with van der Waals surface area (Å²) >= 11 is 0. The minimum atomic E-state index is -0.489. The Morgan fingerprint density at radius 3 is 2.96 bits per heavy atom. The number of fused-ring (bicyclic) bond motifs is 1. The van der Waals surface area contributed by atoms with Crippen molar-refractivity contribution < 1.29 is 14.3 Å². The zero-order chi connectivity index (χ0) is 17.9. The number of carbonyl (C=O) groups is 1. The maximum absolute atomic E-state index is 11.8. The molecule has 0 saturated heterocycles. The molecule has 1 aliphatic heterocycles. The van der Waals surface area contributed by atoms with Gasteiger partial charge in [-0.05, 0) is 56.9 Å². The molecule has 6 heteroatoms. The zero-order valence-corrected chi connectivity index (χ0v) is 15.0. The molecule has 134 valence electrons. The first-order chi connectivity index (χ1) is 11.9. The molecule has 0 unspecified atom stereocenters. The maximum atomic E-state index is 11.8. The Morgan fingerprint density at radius 1 is 1.40 bits per heavy atom. The summed E-state index contributed by atoms with van der Waals surface area (Å²) in [5.41, 5.74) is 3.04. The van der Waals surface area contributed by atoms with Gasteiger partial charge in [-0.2, -0.15) is 5.10 Å². The van der Waals surface area contributed by atoms with Crippen LogP contribution in [0.4, 0.5) is 4.79 Å². The smallest absolute Gasteiger partial charge is 0.407 e. The first kappa shape index (κ1) is 17.5. The van der Waals surface area contributed by atoms with Crippen LogP contribution < -0.4 is 5.32 Å². The van der Waals surface area contributed by atoms with Gasteiger partial charge in [-0.15, -0.1) is 0 Å². The Morgan fingerprint density at radius 2 is 2.24 bits per heavy atom. The lowest BCUT2D eigenvalue weighted by Crippen LogP contribution is -2.34. The van der Waals surface area contributed by atoms with E-state index in [1.807, 2.05) is 43.8 Å². The van der Waals surface area contributed by atoms with Gasteiger partial charge in [0.1, 0.15) is 5.60 Å². The van der Waals surface area contributed by atoms with Crippen LogP contribution in [0.25, 0.3) is 5.69 Å². The van der Waals surface area contributed by atoms with E-state index in [1.54, 1.807) is 6.20 Å². The quantitative estimate of drug-likeness (QED) is 0.924. The molecule has 0 radical (unpaired) electrons. The van der Waals surface area contributed by atoms with E-state index in [0.717, 1.165) is 12.1 Å². The summed E-state index contributed by atoms with van der Waals surface area (Å²) in [5, 5.41) is 7.14. The molecule has 1 aliphatic rings. The minimum Gasteiger partial charge on any atom is -0.444 e. The minimum absolute atomic E-state index is 0.0331. The number of alkyl carbamates (subject to hydrolysis) is 1. The van der Waals surface area contributed by atoms with Gasteiger partial charge in [0.25, 0.3) is 0 Å². The third-order valence-electron chi connectivity index (χ3n) is 4.03. The molecular weight excluding hydrogens is 318 g/mol. The number of benzene rings is 1. The van der Waals surface area contributed by atoms with Crippen LogP contribution in [0, 0.1) is 0 Å². The maximum Gasteiger partial charge on any atom is 0.407 e. The normalized spacial score (nSPS) is 17.0. The van der Waals surface area contributed by atoms with E-state index in [4.69, 9.17) is 9.47 Å². The van der Waals surface area contributed by atoms with Crippen LogP contribution in [-0.4, -0.2) is 34.6 Å². The SMILES string of the molecule is CC(C)(C)OC(=O)NCC[C@@H]1OCCc2c1cccc2-n1cccn1. The number of aromatic nitrogens is 2. The average molecular weight is 343 g/mol. The summed E-state index contributed by atoms with van der Waals surface area (Å²) in [6, 6.07) is 8.12. The fraction of sp³-hybridized carbons (Fsp3) is 0.474. The van der Waals surface area contributed by atoms with Crippen LogP contribution in [0.3, 0.4) is 0 Å². The zero-order valence-electron chi connectivity index (χ0n) is 15.0. The molecule has 1 atom stereocenters. The second-order valence-corrected chi connectivity index (χ2v) is 7.12. The molecule has 6 nitrogen and oxygen atoms in total. The van der Waals surface area contributed by atoms with E-state index in [2.05, 4.69) is 22.5 Å². The van der Waals surface area contributed by atoms with Gasteiger partial charge in [-0.1, -0.05) is 12.1 Å². The van der Waals surface area contributed by atoms with Gasteiger partial charge in [-0.3, -0.25) is 0 Å². The van der Waals surface area contributed by atoms with Gasteiger partial charge in [0.05, 0.1) is 18.4 Å². The lowest BCUT2D eigenvalue weighted by Gasteiger charge is -2.28. The summed E-state index contributed by atoms with van der Waals surface area (Å²) in [6.45, 7) is 6.73. The highest BCUT2D eigenvalue weighted by molar-refractivity contribution is 5.67. The molecule has 2 heterocycles. The van der Waals surface area contributed by atoms with Crippen molar-refractivity contribution in [2.24, 2.45) is 0 Å². The Labute approximate surface area is 148 Å². The molecule has 25 heavy (non-hydrogen) atoms. The van der Waals surface area contributed by atoms with Crippen molar-refractivity contribution in [3.63, 3.8) is 0 Å². The standard InChI is InChI=1S/C19H25N3O3/c1-19(2,3)25-18(23)20-11-8-17-15-6-4-7-16(14(15)9-13-24-17)22-12-5-10-21-22/h4-7,10,12,17H,8-9,11,13H2,1-3H3,(H,20,23)/t17-/m0/s1. The van der Waals surface area contributed by atoms with Gasteiger partial charge in [-0.25, -0.2) is 9.48 Å². The number of hydrogen-bond acceptors (Lipinski definition) is 4. The Bertz CT molecular complexity index is 720. The van der Waals surface area contributed by atoms with Gasteiger partial charge in [0.15, 0.2) is 0 Å². The Kier molecular flexibility index (Phi) is 5.08. The van der Waals surface area contributed by atoms with Crippen LogP contribution in [-0.2, 0) is 15.9 Å². The molecule has 0 bridgehead atoms. The van der Waals surface area contributed by atoms with Crippen molar-refractivity contribution in [3.8, 4) is 5.69 Å². The van der Waals surface area contributed by atoms with Crippen molar-refractivity contribution in [2.45, 2.75) is 45.3 Å². The molecule has 1 N–H and O–H groups in total. The van der Waals surface area contributed by atoms with Crippen molar-refractivity contribution in [3.05, 3.63) is 47.8 Å². The van der Waals surface area contributed by atoms with Crippen LogP contribution in [0.1, 0.15) is 44.4 Å². The predicted octanol–water partition coefficient (Wildman–Crippen LogP) is 3.40. The largest absolute Gasteiger partial charge is 0.444 e. The second kappa shape index (κ2) is 7.27. The van der Waals surface area contributed by atoms with E-state index >= 15 is 0 Å². The van der Waals surface area contributed by atoms with Crippen LogP contribution in [0.5, 0.6) is 0 Å². The Balaban J connectivity index is 1.66. The summed E-state index contributed by atoms with van der Waals surface area (Å²) < 4.78 is 13.1. The van der Waals surface area contributed by atoms with E-state index in [-0.39, 0.29) is 6.10 Å². The molecule has 0 aliphatic carbocycles. The third-order valence-corrected chi connectivity index (χ3v) is 4.03. The fourth-order valence-corrected chi connectivity index (χ4v) is 3.04. The van der Waals surface area contributed by atoms with Crippen molar-refractivity contribution in [1.29, 1.82) is 0 Å². The van der Waals surface area contributed by atoms with Gasteiger partial charge in [0.2, 0.25) is 0 Å². The number of rotatable bonds is 4. The molecule has 0 fully saturated rings. The van der Waals surface area contributed by atoms with E-state index in [0.29, 0.717) is 19.6 Å². The van der Waals surface area contributed by atoms with E-state index in [9.17, 15) is 4.79 Å². The topological polar surface area (TPSA) is 65.4 Å².